The second-order valence-corrected chi connectivity index (χ2v) is 5.00. The third-order valence-corrected chi connectivity index (χ3v) is 3.31. The van der Waals surface area contributed by atoms with Crippen LogP contribution in [-0.4, -0.2) is 21.0 Å². The summed E-state index contributed by atoms with van der Waals surface area (Å²) in [6.45, 7) is 1.63. The minimum Gasteiger partial charge on any atom is -0.478 e. The quantitative estimate of drug-likeness (QED) is 0.587. The molecule has 0 radical (unpaired) electrons. The van der Waals surface area contributed by atoms with Gasteiger partial charge >= 0.3 is 5.97 Å². The molecule has 8 heteroatoms. The van der Waals surface area contributed by atoms with Gasteiger partial charge in [0, 0.05) is 17.4 Å². The highest BCUT2D eigenvalue weighted by atomic mass is 32.2. The van der Waals surface area contributed by atoms with Crippen LogP contribution in [0.15, 0.2) is 33.0 Å². The molecule has 0 spiro atoms. The summed E-state index contributed by atoms with van der Waals surface area (Å²) in [4.78, 5) is 28.7. The fraction of sp³-hybridized carbons (Fsp3) is 0.0833. The molecule has 6 nitrogen and oxygen atoms in total. The Labute approximate surface area is 116 Å². The predicted octanol–water partition coefficient (Wildman–Crippen LogP) is 1.65. The Morgan fingerprint density at radius 3 is 2.75 bits per heavy atom. The molecule has 1 heterocycles. The molecule has 4 N–H and O–H groups in total. The third-order valence-electron chi connectivity index (χ3n) is 2.39. The van der Waals surface area contributed by atoms with E-state index in [1.54, 1.807) is 6.92 Å². The van der Waals surface area contributed by atoms with Crippen LogP contribution in [0.5, 0.6) is 0 Å². The standard InChI is InChI=1S/C12H10FN3O3S/c1-5-2-10(17)16-12(15-5)20-9-3-6(11(18)19)8(14)4-7(9)13/h2-4H,14H2,1H3,(H,18,19)(H,15,16,17). The van der Waals surface area contributed by atoms with Gasteiger partial charge in [0.15, 0.2) is 5.16 Å². The van der Waals surface area contributed by atoms with Crippen molar-refractivity contribution in [2.75, 3.05) is 5.73 Å². The van der Waals surface area contributed by atoms with Gasteiger partial charge in [0.25, 0.3) is 5.56 Å². The van der Waals surface area contributed by atoms with Crippen molar-refractivity contribution in [2.24, 2.45) is 0 Å². The van der Waals surface area contributed by atoms with Crippen LogP contribution in [0.1, 0.15) is 16.1 Å². The summed E-state index contributed by atoms with van der Waals surface area (Å²) in [7, 11) is 0. The van der Waals surface area contributed by atoms with Crippen LogP contribution >= 0.6 is 11.8 Å². The number of H-pyrrole nitrogens is 1. The fourth-order valence-electron chi connectivity index (χ4n) is 1.54. The first-order valence-electron chi connectivity index (χ1n) is 5.45. The van der Waals surface area contributed by atoms with Crippen molar-refractivity contribution in [3.63, 3.8) is 0 Å². The van der Waals surface area contributed by atoms with Crippen LogP contribution in [0.2, 0.25) is 0 Å². The number of benzene rings is 1. The van der Waals surface area contributed by atoms with E-state index >= 15 is 0 Å². The molecule has 0 atom stereocenters. The summed E-state index contributed by atoms with van der Waals surface area (Å²) in [5.74, 6) is -1.93. The van der Waals surface area contributed by atoms with Crippen molar-refractivity contribution >= 4 is 23.4 Å². The lowest BCUT2D eigenvalue weighted by atomic mass is 10.2. The number of nitrogen functional groups attached to an aromatic ring is 1. The number of aromatic nitrogens is 2. The topological polar surface area (TPSA) is 109 Å². The van der Waals surface area contributed by atoms with Crippen molar-refractivity contribution < 1.29 is 14.3 Å². The van der Waals surface area contributed by atoms with E-state index in [4.69, 9.17) is 10.8 Å². The van der Waals surface area contributed by atoms with Gasteiger partial charge in [-0.05, 0) is 30.8 Å². The lowest BCUT2D eigenvalue weighted by Crippen LogP contribution is -2.08. The van der Waals surface area contributed by atoms with Crippen molar-refractivity contribution in [3.05, 3.63) is 45.6 Å². The number of nitrogens with zero attached hydrogens (tertiary/aromatic N) is 1. The van der Waals surface area contributed by atoms with E-state index in [1.165, 1.54) is 6.07 Å². The summed E-state index contributed by atoms with van der Waals surface area (Å²) in [5.41, 5.74) is 5.17. The highest BCUT2D eigenvalue weighted by Gasteiger charge is 2.15. The normalized spacial score (nSPS) is 10.5. The number of aromatic amines is 1. The number of rotatable bonds is 3. The van der Waals surface area contributed by atoms with Crippen LogP contribution in [0, 0.1) is 12.7 Å². The van der Waals surface area contributed by atoms with Crippen LogP contribution in [0.4, 0.5) is 10.1 Å². The number of nitrogens with two attached hydrogens (primary N) is 1. The maximum atomic E-state index is 13.8. The van der Waals surface area contributed by atoms with E-state index in [-0.39, 0.29) is 26.9 Å². The molecule has 0 saturated heterocycles. The van der Waals surface area contributed by atoms with Gasteiger partial charge in [0.2, 0.25) is 0 Å². The first kappa shape index (κ1) is 14.1. The Morgan fingerprint density at radius 2 is 2.15 bits per heavy atom. The van der Waals surface area contributed by atoms with E-state index in [0.29, 0.717) is 5.69 Å². The predicted molar refractivity (Wildman–Crippen MR) is 71.5 cm³/mol. The number of carboxylic acids is 1. The summed E-state index contributed by atoms with van der Waals surface area (Å²) in [5, 5.41) is 9.13. The molecule has 0 bridgehead atoms. The molecule has 0 aliphatic heterocycles. The molecule has 0 saturated carbocycles. The minimum atomic E-state index is -1.25. The van der Waals surface area contributed by atoms with Gasteiger partial charge in [-0.3, -0.25) is 4.79 Å². The number of hydrogen-bond acceptors (Lipinski definition) is 5. The largest absolute Gasteiger partial charge is 0.478 e. The van der Waals surface area contributed by atoms with Gasteiger partial charge in [0.05, 0.1) is 10.5 Å². The molecule has 104 valence electrons. The van der Waals surface area contributed by atoms with Gasteiger partial charge in [-0.15, -0.1) is 0 Å². The van der Waals surface area contributed by atoms with Crippen LogP contribution in [0.3, 0.4) is 0 Å². The summed E-state index contributed by atoms with van der Waals surface area (Å²) in [6, 6.07) is 3.34. The van der Waals surface area contributed by atoms with Crippen LogP contribution < -0.4 is 11.3 Å². The number of halogens is 1. The molecule has 1 aromatic carbocycles. The fourth-order valence-corrected chi connectivity index (χ4v) is 2.42. The zero-order chi connectivity index (χ0) is 14.9. The third kappa shape index (κ3) is 2.97. The molecule has 2 rings (SSSR count). The number of carbonyl (C=O) groups is 1. The first-order chi connectivity index (χ1) is 9.36. The number of hydrogen-bond donors (Lipinski definition) is 3. The molecule has 2 aromatic rings. The second-order valence-electron chi connectivity index (χ2n) is 3.97. The summed E-state index contributed by atoms with van der Waals surface area (Å²) >= 11 is 0.822. The molecule has 1 aromatic heterocycles. The number of aryl methyl sites for hydroxylation is 1. The smallest absolute Gasteiger partial charge is 0.337 e. The maximum absolute atomic E-state index is 13.8. The Kier molecular flexibility index (Phi) is 3.75. The SMILES string of the molecule is Cc1cc(=O)[nH]c(Sc2cc(C(=O)O)c(N)cc2F)n1. The number of carboxylic acid groups (broad SMARTS) is 1. The van der Waals surface area contributed by atoms with E-state index < -0.39 is 11.8 Å². The molecule has 0 fully saturated rings. The highest BCUT2D eigenvalue weighted by molar-refractivity contribution is 7.99. The lowest BCUT2D eigenvalue weighted by Gasteiger charge is -2.07. The van der Waals surface area contributed by atoms with E-state index in [1.807, 2.05) is 0 Å². The first-order valence-corrected chi connectivity index (χ1v) is 6.26. The average molecular weight is 295 g/mol. The van der Waals surface area contributed by atoms with Crippen LogP contribution in [0.25, 0.3) is 0 Å². The van der Waals surface area contributed by atoms with Gasteiger partial charge in [0.1, 0.15) is 5.82 Å². The molecule has 0 aliphatic rings. The Balaban J connectivity index is 2.45. The van der Waals surface area contributed by atoms with Gasteiger partial charge in [-0.25, -0.2) is 14.2 Å². The van der Waals surface area contributed by atoms with Gasteiger partial charge < -0.3 is 15.8 Å². The lowest BCUT2D eigenvalue weighted by molar-refractivity contribution is 0.0697. The van der Waals surface area contributed by atoms with Gasteiger partial charge in [-0.2, -0.15) is 0 Å². The van der Waals surface area contributed by atoms with Crippen LogP contribution in [-0.2, 0) is 0 Å². The zero-order valence-corrected chi connectivity index (χ0v) is 11.1. The molecule has 0 aliphatic carbocycles. The van der Waals surface area contributed by atoms with Crippen molar-refractivity contribution in [2.45, 2.75) is 17.0 Å². The number of nitrogens with one attached hydrogen (secondary N) is 1. The summed E-state index contributed by atoms with van der Waals surface area (Å²) < 4.78 is 13.8. The van der Waals surface area contributed by atoms with E-state index in [2.05, 4.69) is 9.97 Å². The van der Waals surface area contributed by atoms with E-state index in [9.17, 15) is 14.0 Å². The number of aromatic carboxylic acids is 1. The summed E-state index contributed by atoms with van der Waals surface area (Å²) in [6.07, 6.45) is 0. The molecule has 0 unspecified atom stereocenters. The molecular formula is C12H10FN3O3S. The molecular weight excluding hydrogens is 285 g/mol. The zero-order valence-electron chi connectivity index (χ0n) is 10.3. The van der Waals surface area contributed by atoms with Crippen molar-refractivity contribution in [1.29, 1.82) is 0 Å². The van der Waals surface area contributed by atoms with Crippen molar-refractivity contribution in [3.8, 4) is 0 Å². The second kappa shape index (κ2) is 5.33. The maximum Gasteiger partial charge on any atom is 0.337 e. The minimum absolute atomic E-state index is 0.0188. The number of anilines is 1. The monoisotopic (exact) mass is 295 g/mol. The van der Waals surface area contributed by atoms with Crippen molar-refractivity contribution in [1.82, 2.24) is 9.97 Å². The van der Waals surface area contributed by atoms with E-state index in [0.717, 1.165) is 23.9 Å². The average Bonchev–Trinajstić information content (AvgIpc) is 2.30. The Hall–Kier alpha value is -2.35. The molecule has 20 heavy (non-hydrogen) atoms. The molecule has 0 amide bonds. The van der Waals surface area contributed by atoms with Gasteiger partial charge in [-0.1, -0.05) is 0 Å². The Bertz CT molecular complexity index is 745. The highest BCUT2D eigenvalue weighted by Crippen LogP contribution is 2.30. The Morgan fingerprint density at radius 1 is 1.45 bits per heavy atom.